The molecule has 0 aliphatic rings. The summed E-state index contributed by atoms with van der Waals surface area (Å²) >= 11 is 5.24. The first-order valence-electron chi connectivity index (χ1n) is 11.2. The molecule has 0 aliphatic carbocycles. The molecular formula is C25H28N6O5S. The van der Waals surface area contributed by atoms with Crippen LogP contribution in [0, 0.1) is 10.1 Å². The van der Waals surface area contributed by atoms with Crippen molar-refractivity contribution < 1.29 is 19.6 Å². The van der Waals surface area contributed by atoms with Gasteiger partial charge in [-0.05, 0) is 42.3 Å². The third kappa shape index (κ3) is 6.35. The van der Waals surface area contributed by atoms with Gasteiger partial charge < -0.3 is 15.2 Å². The van der Waals surface area contributed by atoms with E-state index in [-0.39, 0.29) is 28.4 Å². The third-order valence-corrected chi connectivity index (χ3v) is 5.79. The molecule has 0 spiro atoms. The number of nitrogens with zero attached hydrogens (tertiary/aromatic N) is 3. The van der Waals surface area contributed by atoms with Crippen molar-refractivity contribution in [1.82, 2.24) is 15.6 Å². The predicted octanol–water partition coefficient (Wildman–Crippen LogP) is 4.27. The van der Waals surface area contributed by atoms with Gasteiger partial charge in [0.05, 0.1) is 35.7 Å². The molecular weight excluding hydrogens is 496 g/mol. The number of aromatic nitrogens is 2. The van der Waals surface area contributed by atoms with Crippen LogP contribution >= 0.6 is 12.2 Å². The largest absolute Gasteiger partial charge is 0.465 e. The SMILES string of the molecule is COC(=O)c1ccc(NC(=S)NN=C(C)c2[nH]nc(-c3ccc(C(C)(C)C)cc3)c2CO)cc1[N+](=O)[O-]. The number of thiocarbonyl (C=S) groups is 1. The van der Waals surface area contributed by atoms with Crippen molar-refractivity contribution in [2.24, 2.45) is 5.10 Å². The fourth-order valence-corrected chi connectivity index (χ4v) is 3.74. The lowest BCUT2D eigenvalue weighted by Gasteiger charge is -2.19. The van der Waals surface area contributed by atoms with E-state index in [0.29, 0.717) is 22.7 Å². The van der Waals surface area contributed by atoms with Crippen LogP contribution < -0.4 is 10.7 Å². The molecule has 0 saturated carbocycles. The molecule has 1 aromatic heterocycles. The molecule has 2 aromatic carbocycles. The number of esters is 1. The van der Waals surface area contributed by atoms with Crippen LogP contribution in [0.2, 0.25) is 0 Å². The van der Waals surface area contributed by atoms with Crippen molar-refractivity contribution >= 4 is 40.4 Å². The Hall–Kier alpha value is -4.16. The first-order valence-corrected chi connectivity index (χ1v) is 11.6. The molecule has 0 fully saturated rings. The van der Waals surface area contributed by atoms with Crippen LogP contribution in [-0.4, -0.2) is 44.1 Å². The van der Waals surface area contributed by atoms with Crippen molar-refractivity contribution in [3.05, 3.63) is 75.0 Å². The zero-order valence-corrected chi connectivity index (χ0v) is 21.9. The molecule has 12 heteroatoms. The summed E-state index contributed by atoms with van der Waals surface area (Å²) in [5, 5.41) is 35.8. The lowest BCUT2D eigenvalue weighted by atomic mass is 9.86. The number of hydrogen-bond donors (Lipinski definition) is 4. The van der Waals surface area contributed by atoms with E-state index in [1.165, 1.54) is 23.8 Å². The van der Waals surface area contributed by atoms with Gasteiger partial charge in [-0.15, -0.1) is 0 Å². The summed E-state index contributed by atoms with van der Waals surface area (Å²) in [6.45, 7) is 7.87. The molecule has 4 N–H and O–H groups in total. The third-order valence-electron chi connectivity index (χ3n) is 5.59. The summed E-state index contributed by atoms with van der Waals surface area (Å²) in [5.41, 5.74) is 6.62. The Bertz CT molecular complexity index is 1360. The van der Waals surface area contributed by atoms with Gasteiger partial charge in [-0.2, -0.15) is 10.2 Å². The van der Waals surface area contributed by atoms with E-state index in [9.17, 15) is 20.0 Å². The van der Waals surface area contributed by atoms with E-state index in [4.69, 9.17) is 12.2 Å². The summed E-state index contributed by atoms with van der Waals surface area (Å²) < 4.78 is 4.58. The van der Waals surface area contributed by atoms with E-state index >= 15 is 0 Å². The second-order valence-electron chi connectivity index (χ2n) is 9.15. The number of hydrazone groups is 1. The summed E-state index contributed by atoms with van der Waals surface area (Å²) in [4.78, 5) is 22.4. The minimum Gasteiger partial charge on any atom is -0.465 e. The maximum absolute atomic E-state index is 11.8. The number of H-pyrrole nitrogens is 1. The maximum atomic E-state index is 11.8. The first-order chi connectivity index (χ1) is 17.5. The van der Waals surface area contributed by atoms with Crippen LogP contribution in [-0.2, 0) is 16.8 Å². The molecule has 3 aromatic rings. The summed E-state index contributed by atoms with van der Waals surface area (Å²) in [6, 6.07) is 11.9. The van der Waals surface area contributed by atoms with Gasteiger partial charge in [-0.3, -0.25) is 20.6 Å². The Kier molecular flexibility index (Phi) is 8.35. The van der Waals surface area contributed by atoms with Gasteiger partial charge in [-0.25, -0.2) is 4.79 Å². The number of rotatable bonds is 7. The minimum absolute atomic E-state index is 0.0186. The van der Waals surface area contributed by atoms with Crippen LogP contribution in [0.3, 0.4) is 0 Å². The molecule has 194 valence electrons. The number of nitro benzene ring substituents is 1. The van der Waals surface area contributed by atoms with E-state index in [0.717, 1.165) is 12.7 Å². The quantitative estimate of drug-likeness (QED) is 0.117. The fourth-order valence-electron chi connectivity index (χ4n) is 3.58. The summed E-state index contributed by atoms with van der Waals surface area (Å²) in [6.07, 6.45) is 0. The summed E-state index contributed by atoms with van der Waals surface area (Å²) in [5.74, 6) is -0.817. The normalized spacial score (nSPS) is 11.7. The number of carbonyl (C=O) groups excluding carboxylic acids is 1. The molecule has 0 amide bonds. The molecule has 0 aliphatic heterocycles. The molecule has 0 bridgehead atoms. The van der Waals surface area contributed by atoms with Crippen LogP contribution in [0.1, 0.15) is 54.9 Å². The van der Waals surface area contributed by atoms with Crippen molar-refractivity contribution in [3.63, 3.8) is 0 Å². The molecule has 0 radical (unpaired) electrons. The predicted molar refractivity (Wildman–Crippen MR) is 145 cm³/mol. The Labute approximate surface area is 219 Å². The van der Waals surface area contributed by atoms with Gasteiger partial charge in [0.1, 0.15) is 5.56 Å². The molecule has 37 heavy (non-hydrogen) atoms. The number of methoxy groups -OCH3 is 1. The lowest BCUT2D eigenvalue weighted by molar-refractivity contribution is -0.385. The number of nitrogens with one attached hydrogen (secondary N) is 3. The monoisotopic (exact) mass is 524 g/mol. The van der Waals surface area contributed by atoms with Crippen LogP contribution in [0.25, 0.3) is 11.3 Å². The highest BCUT2D eigenvalue weighted by molar-refractivity contribution is 7.80. The number of anilines is 1. The average Bonchev–Trinajstić information content (AvgIpc) is 3.30. The van der Waals surface area contributed by atoms with E-state index < -0.39 is 16.6 Å². The van der Waals surface area contributed by atoms with Gasteiger partial charge in [0.15, 0.2) is 5.11 Å². The highest BCUT2D eigenvalue weighted by Gasteiger charge is 2.22. The lowest BCUT2D eigenvalue weighted by Crippen LogP contribution is -2.25. The number of carbonyl (C=O) groups is 1. The van der Waals surface area contributed by atoms with Crippen molar-refractivity contribution in [2.45, 2.75) is 39.7 Å². The first kappa shape index (κ1) is 27.4. The van der Waals surface area contributed by atoms with Crippen molar-refractivity contribution in [1.29, 1.82) is 0 Å². The second kappa shape index (κ2) is 11.3. The highest BCUT2D eigenvalue weighted by Crippen LogP contribution is 2.28. The van der Waals surface area contributed by atoms with Gasteiger partial charge in [0.2, 0.25) is 0 Å². The van der Waals surface area contributed by atoms with Crippen LogP contribution in [0.5, 0.6) is 0 Å². The van der Waals surface area contributed by atoms with Crippen molar-refractivity contribution in [3.8, 4) is 11.3 Å². The number of aromatic amines is 1. The number of aliphatic hydroxyl groups is 1. The molecule has 11 nitrogen and oxygen atoms in total. The number of nitro groups is 1. The van der Waals surface area contributed by atoms with Gasteiger partial charge >= 0.3 is 5.97 Å². The zero-order valence-electron chi connectivity index (χ0n) is 21.1. The number of aliphatic hydroxyl groups excluding tert-OH is 1. The van der Waals surface area contributed by atoms with E-state index in [1.807, 2.05) is 24.3 Å². The zero-order chi connectivity index (χ0) is 27.3. The van der Waals surface area contributed by atoms with Crippen LogP contribution in [0.15, 0.2) is 47.6 Å². The molecule has 1 heterocycles. The van der Waals surface area contributed by atoms with Crippen molar-refractivity contribution in [2.75, 3.05) is 12.4 Å². The highest BCUT2D eigenvalue weighted by atomic mass is 32.1. The topological polar surface area (TPSA) is 155 Å². The number of benzene rings is 2. The maximum Gasteiger partial charge on any atom is 0.344 e. The fraction of sp³-hybridized carbons (Fsp3) is 0.280. The van der Waals surface area contributed by atoms with Gasteiger partial charge in [0, 0.05) is 22.9 Å². The Morgan fingerprint density at radius 2 is 1.92 bits per heavy atom. The summed E-state index contributed by atoms with van der Waals surface area (Å²) in [7, 11) is 1.14. The average molecular weight is 525 g/mol. The smallest absolute Gasteiger partial charge is 0.344 e. The van der Waals surface area contributed by atoms with E-state index in [1.54, 1.807) is 6.92 Å². The van der Waals surface area contributed by atoms with Gasteiger partial charge in [0.25, 0.3) is 5.69 Å². The number of hydrogen-bond acceptors (Lipinski definition) is 8. The minimum atomic E-state index is -0.817. The van der Waals surface area contributed by atoms with Crippen LogP contribution in [0.4, 0.5) is 11.4 Å². The molecule has 0 unspecified atom stereocenters. The second-order valence-corrected chi connectivity index (χ2v) is 9.56. The van der Waals surface area contributed by atoms with Gasteiger partial charge in [-0.1, -0.05) is 45.0 Å². The standard InChI is InChI=1S/C25H28N6O5S/c1-14(21-19(13-32)22(29-28-21)15-6-8-16(9-7-15)25(2,3)4)27-30-24(37)26-17-10-11-18(23(33)36-5)20(12-17)31(34)35/h6-12,32H,13H2,1-5H3,(H,28,29)(H2,26,30,37). The number of ether oxygens (including phenoxy) is 1. The van der Waals surface area contributed by atoms with E-state index in [2.05, 4.69) is 51.5 Å². The Morgan fingerprint density at radius 3 is 2.49 bits per heavy atom. The molecule has 0 atom stereocenters. The molecule has 0 saturated heterocycles. The Balaban J connectivity index is 1.76. The Morgan fingerprint density at radius 1 is 1.24 bits per heavy atom. The molecule has 3 rings (SSSR count).